The fourth-order valence-electron chi connectivity index (χ4n) is 3.95. The molecule has 0 saturated carbocycles. The van der Waals surface area contributed by atoms with E-state index >= 15 is 0 Å². The smallest absolute Gasteiger partial charge is 0.290 e. The minimum atomic E-state index is -0.639. The SMILES string of the molecule is COCCCN1C(=O)c2oc3ccc(C)cc3c(=O)c2C1c1ccc(O)c(OC)c1. The zero-order valence-corrected chi connectivity index (χ0v) is 17.1. The van der Waals surface area contributed by atoms with Crippen molar-refractivity contribution in [1.29, 1.82) is 0 Å². The van der Waals surface area contributed by atoms with Gasteiger partial charge in [0.05, 0.1) is 24.1 Å². The summed E-state index contributed by atoms with van der Waals surface area (Å²) in [5.74, 6) is -0.0207. The van der Waals surface area contributed by atoms with Crippen LogP contribution in [0.1, 0.15) is 39.7 Å². The van der Waals surface area contributed by atoms with Crippen LogP contribution in [0.3, 0.4) is 0 Å². The molecule has 1 atom stereocenters. The Morgan fingerprint density at radius 3 is 2.67 bits per heavy atom. The average Bonchev–Trinajstić information content (AvgIpc) is 3.01. The summed E-state index contributed by atoms with van der Waals surface area (Å²) in [4.78, 5) is 28.3. The Balaban J connectivity index is 1.93. The lowest BCUT2D eigenvalue weighted by Gasteiger charge is -2.25. The first-order valence-corrected chi connectivity index (χ1v) is 9.70. The molecule has 156 valence electrons. The fourth-order valence-corrected chi connectivity index (χ4v) is 3.95. The molecule has 0 radical (unpaired) electrons. The van der Waals surface area contributed by atoms with Crippen molar-refractivity contribution in [3.63, 3.8) is 0 Å². The second kappa shape index (κ2) is 7.84. The molecule has 2 heterocycles. The lowest BCUT2D eigenvalue weighted by atomic mass is 9.97. The van der Waals surface area contributed by atoms with Crippen LogP contribution in [0.4, 0.5) is 0 Å². The Hall–Kier alpha value is -3.32. The topological polar surface area (TPSA) is 89.2 Å². The average molecular weight is 409 g/mol. The fraction of sp³-hybridized carbons (Fsp3) is 0.304. The Bertz CT molecular complexity index is 1180. The number of aryl methyl sites for hydroxylation is 1. The zero-order chi connectivity index (χ0) is 21.4. The van der Waals surface area contributed by atoms with Crippen LogP contribution >= 0.6 is 0 Å². The van der Waals surface area contributed by atoms with Crippen LogP contribution in [0.2, 0.25) is 0 Å². The number of carbonyl (C=O) groups excluding carboxylic acids is 1. The molecule has 3 aromatic rings. The second-order valence-corrected chi connectivity index (χ2v) is 7.35. The van der Waals surface area contributed by atoms with Crippen molar-refractivity contribution in [1.82, 2.24) is 4.90 Å². The van der Waals surface area contributed by atoms with Gasteiger partial charge in [-0.25, -0.2) is 0 Å². The molecule has 0 bridgehead atoms. The number of rotatable bonds is 6. The van der Waals surface area contributed by atoms with Crippen LogP contribution in [0.5, 0.6) is 11.5 Å². The molecule has 30 heavy (non-hydrogen) atoms. The molecule has 1 aromatic heterocycles. The van der Waals surface area contributed by atoms with E-state index in [1.54, 1.807) is 36.3 Å². The van der Waals surface area contributed by atoms with Gasteiger partial charge in [-0.3, -0.25) is 9.59 Å². The van der Waals surface area contributed by atoms with Gasteiger partial charge in [0.2, 0.25) is 5.76 Å². The summed E-state index contributed by atoms with van der Waals surface area (Å²) >= 11 is 0. The minimum Gasteiger partial charge on any atom is -0.504 e. The quantitative estimate of drug-likeness (QED) is 0.628. The molecule has 4 rings (SSSR count). The monoisotopic (exact) mass is 409 g/mol. The van der Waals surface area contributed by atoms with Gasteiger partial charge >= 0.3 is 0 Å². The molecule has 0 aliphatic carbocycles. The minimum absolute atomic E-state index is 0.0158. The molecule has 1 aliphatic rings. The molecule has 7 heteroatoms. The van der Waals surface area contributed by atoms with Gasteiger partial charge in [-0.1, -0.05) is 17.7 Å². The highest BCUT2D eigenvalue weighted by molar-refractivity contribution is 5.99. The first-order valence-electron chi connectivity index (χ1n) is 9.70. The third-order valence-corrected chi connectivity index (χ3v) is 5.39. The number of hydrogen-bond donors (Lipinski definition) is 1. The Kier molecular flexibility index (Phi) is 5.22. The first kappa shape index (κ1) is 20.0. The molecule has 1 N–H and O–H groups in total. The van der Waals surface area contributed by atoms with E-state index in [-0.39, 0.29) is 28.6 Å². The number of nitrogens with zero attached hydrogens (tertiary/aromatic N) is 1. The molecular formula is C23H23NO6. The van der Waals surface area contributed by atoms with Gasteiger partial charge in [0, 0.05) is 20.3 Å². The molecule has 1 aliphatic heterocycles. The molecule has 0 saturated heterocycles. The Morgan fingerprint density at radius 2 is 1.93 bits per heavy atom. The maximum absolute atomic E-state index is 13.5. The summed E-state index contributed by atoms with van der Waals surface area (Å²) in [6.07, 6.45) is 0.606. The van der Waals surface area contributed by atoms with Crippen LogP contribution in [0.25, 0.3) is 11.0 Å². The zero-order valence-electron chi connectivity index (χ0n) is 17.1. The van der Waals surface area contributed by atoms with E-state index < -0.39 is 6.04 Å². The molecular weight excluding hydrogens is 386 g/mol. The van der Waals surface area contributed by atoms with Crippen molar-refractivity contribution in [2.24, 2.45) is 0 Å². The van der Waals surface area contributed by atoms with Crippen molar-refractivity contribution in [2.45, 2.75) is 19.4 Å². The summed E-state index contributed by atoms with van der Waals surface area (Å²) in [6.45, 7) is 2.77. The van der Waals surface area contributed by atoms with E-state index in [0.29, 0.717) is 41.7 Å². The summed E-state index contributed by atoms with van der Waals surface area (Å²) < 4.78 is 16.3. The standard InChI is InChI=1S/C23H23NO6/c1-13-5-8-17-15(11-13)21(26)19-20(14-6-7-16(25)18(12-14)29-3)24(9-4-10-28-2)23(27)22(19)30-17/h5-8,11-12,20,25H,4,9-10H2,1-3H3. The van der Waals surface area contributed by atoms with Crippen LogP contribution in [0, 0.1) is 6.92 Å². The highest BCUT2D eigenvalue weighted by Crippen LogP contribution is 2.40. The van der Waals surface area contributed by atoms with E-state index in [0.717, 1.165) is 5.56 Å². The lowest BCUT2D eigenvalue weighted by Crippen LogP contribution is -2.31. The second-order valence-electron chi connectivity index (χ2n) is 7.35. The number of methoxy groups -OCH3 is 2. The predicted molar refractivity (Wildman–Crippen MR) is 111 cm³/mol. The van der Waals surface area contributed by atoms with E-state index in [1.807, 2.05) is 13.0 Å². The Labute approximate surface area is 173 Å². The van der Waals surface area contributed by atoms with Crippen LogP contribution in [-0.2, 0) is 4.74 Å². The maximum Gasteiger partial charge on any atom is 0.290 e. The number of aromatic hydroxyl groups is 1. The highest BCUT2D eigenvalue weighted by Gasteiger charge is 2.42. The third kappa shape index (κ3) is 3.21. The molecule has 0 fully saturated rings. The van der Waals surface area contributed by atoms with Crippen molar-refractivity contribution in [2.75, 3.05) is 27.4 Å². The van der Waals surface area contributed by atoms with Crippen molar-refractivity contribution in [3.05, 3.63) is 69.1 Å². The molecule has 7 nitrogen and oxygen atoms in total. The van der Waals surface area contributed by atoms with Gasteiger partial charge in [-0.2, -0.15) is 0 Å². The third-order valence-electron chi connectivity index (χ3n) is 5.39. The van der Waals surface area contributed by atoms with Gasteiger partial charge in [-0.05, 0) is 43.2 Å². The van der Waals surface area contributed by atoms with Crippen LogP contribution in [0.15, 0.2) is 45.6 Å². The summed E-state index contributed by atoms with van der Waals surface area (Å²) in [5, 5.41) is 10.4. The number of hydrogen-bond acceptors (Lipinski definition) is 6. The van der Waals surface area contributed by atoms with Crippen LogP contribution in [-0.4, -0.2) is 43.3 Å². The maximum atomic E-state index is 13.5. The number of carbonyl (C=O) groups is 1. The van der Waals surface area contributed by atoms with E-state index in [4.69, 9.17) is 13.9 Å². The predicted octanol–water partition coefficient (Wildman–Crippen LogP) is 3.40. The summed E-state index contributed by atoms with van der Waals surface area (Å²) in [5.41, 5.74) is 2.06. The molecule has 2 aromatic carbocycles. The normalized spacial score (nSPS) is 15.6. The number of phenolic OH excluding ortho intramolecular Hbond substituents is 1. The van der Waals surface area contributed by atoms with Gasteiger partial charge in [-0.15, -0.1) is 0 Å². The van der Waals surface area contributed by atoms with Crippen molar-refractivity contribution >= 4 is 16.9 Å². The molecule has 1 amide bonds. The lowest BCUT2D eigenvalue weighted by molar-refractivity contribution is 0.0707. The van der Waals surface area contributed by atoms with Crippen molar-refractivity contribution < 1.29 is 23.8 Å². The first-order chi connectivity index (χ1) is 14.5. The number of fused-ring (bicyclic) bond motifs is 2. The molecule has 1 unspecified atom stereocenters. The van der Waals surface area contributed by atoms with Gasteiger partial charge in [0.1, 0.15) is 5.58 Å². The largest absolute Gasteiger partial charge is 0.504 e. The summed E-state index contributed by atoms with van der Waals surface area (Å²) in [7, 11) is 3.05. The Morgan fingerprint density at radius 1 is 1.13 bits per heavy atom. The van der Waals surface area contributed by atoms with Crippen molar-refractivity contribution in [3.8, 4) is 11.5 Å². The van der Waals surface area contributed by atoms with E-state index in [2.05, 4.69) is 0 Å². The van der Waals surface area contributed by atoms with Gasteiger partial charge < -0.3 is 23.9 Å². The number of benzene rings is 2. The van der Waals surface area contributed by atoms with Crippen LogP contribution < -0.4 is 10.2 Å². The highest BCUT2D eigenvalue weighted by atomic mass is 16.5. The number of amides is 1. The van der Waals surface area contributed by atoms with E-state index in [9.17, 15) is 14.7 Å². The summed E-state index contributed by atoms with van der Waals surface area (Å²) in [6, 6.07) is 9.52. The van der Waals surface area contributed by atoms with Gasteiger partial charge in [0.15, 0.2) is 16.9 Å². The van der Waals surface area contributed by atoms with Gasteiger partial charge in [0.25, 0.3) is 5.91 Å². The van der Waals surface area contributed by atoms with E-state index in [1.165, 1.54) is 13.2 Å². The molecule has 0 spiro atoms. The number of phenols is 1. The number of ether oxygens (including phenoxy) is 2.